The maximum atomic E-state index is 13.1. The first kappa shape index (κ1) is 23.4. The van der Waals surface area contributed by atoms with Crippen LogP contribution < -0.4 is 4.90 Å². The summed E-state index contributed by atoms with van der Waals surface area (Å²) in [6.07, 6.45) is 1.08. The van der Waals surface area contributed by atoms with E-state index in [0.29, 0.717) is 49.1 Å². The van der Waals surface area contributed by atoms with Gasteiger partial charge >= 0.3 is 0 Å². The quantitative estimate of drug-likeness (QED) is 0.641. The zero-order valence-electron chi connectivity index (χ0n) is 18.0. The minimum absolute atomic E-state index is 0.133. The van der Waals surface area contributed by atoms with E-state index in [1.165, 1.54) is 22.0 Å². The van der Waals surface area contributed by atoms with Crippen LogP contribution >= 0.6 is 23.2 Å². The predicted octanol–water partition coefficient (Wildman–Crippen LogP) is 4.05. The lowest BCUT2D eigenvalue weighted by atomic mass is 9.96. The van der Waals surface area contributed by atoms with Crippen LogP contribution in [0.5, 0.6) is 0 Å². The normalized spacial score (nSPS) is 18.7. The van der Waals surface area contributed by atoms with Gasteiger partial charge in [0.2, 0.25) is 15.9 Å². The van der Waals surface area contributed by atoms with E-state index in [4.69, 9.17) is 23.2 Å². The number of sulfonamides is 1. The molecule has 2 aromatic rings. The van der Waals surface area contributed by atoms with Crippen molar-refractivity contribution in [2.24, 2.45) is 5.92 Å². The summed E-state index contributed by atoms with van der Waals surface area (Å²) < 4.78 is 27.2. The lowest BCUT2D eigenvalue weighted by Crippen LogP contribution is -2.52. The van der Waals surface area contributed by atoms with Gasteiger partial charge in [-0.05, 0) is 61.7 Å². The SMILES string of the molecule is Cc1ccc(Cl)cc1N1CCN(C(=O)C2CCN(S(=O)(=O)c3ccc(Cl)cc3)CC2)CC1. The molecule has 9 heteroatoms. The largest absolute Gasteiger partial charge is 0.368 e. The number of anilines is 1. The van der Waals surface area contributed by atoms with Crippen LogP contribution in [0, 0.1) is 12.8 Å². The molecule has 2 aliphatic rings. The number of halogens is 2. The fraction of sp³-hybridized carbons (Fsp3) is 0.435. The smallest absolute Gasteiger partial charge is 0.243 e. The molecular formula is C23H27Cl2N3O3S. The molecule has 0 bridgehead atoms. The third-order valence-electron chi connectivity index (χ3n) is 6.36. The van der Waals surface area contributed by atoms with Crippen molar-refractivity contribution in [3.63, 3.8) is 0 Å². The third-order valence-corrected chi connectivity index (χ3v) is 8.76. The molecule has 2 aliphatic heterocycles. The highest BCUT2D eigenvalue weighted by Crippen LogP contribution is 2.28. The molecule has 0 aliphatic carbocycles. The van der Waals surface area contributed by atoms with Crippen LogP contribution in [0.2, 0.25) is 10.0 Å². The highest BCUT2D eigenvalue weighted by atomic mass is 35.5. The third kappa shape index (κ3) is 4.91. The number of benzene rings is 2. The fourth-order valence-electron chi connectivity index (χ4n) is 4.45. The van der Waals surface area contributed by atoms with Crippen molar-refractivity contribution in [2.75, 3.05) is 44.2 Å². The maximum absolute atomic E-state index is 13.1. The van der Waals surface area contributed by atoms with Gasteiger partial charge in [-0.15, -0.1) is 0 Å². The number of amides is 1. The van der Waals surface area contributed by atoms with Gasteiger partial charge < -0.3 is 9.80 Å². The number of piperazine rings is 1. The van der Waals surface area contributed by atoms with Gasteiger partial charge in [-0.2, -0.15) is 4.31 Å². The average Bonchev–Trinajstić information content (AvgIpc) is 2.81. The van der Waals surface area contributed by atoms with Crippen molar-refractivity contribution in [2.45, 2.75) is 24.7 Å². The van der Waals surface area contributed by atoms with Gasteiger partial charge in [0.05, 0.1) is 4.90 Å². The highest BCUT2D eigenvalue weighted by molar-refractivity contribution is 7.89. The van der Waals surface area contributed by atoms with Crippen LogP contribution in [0.25, 0.3) is 0 Å². The Morgan fingerprint density at radius 3 is 2.09 bits per heavy atom. The summed E-state index contributed by atoms with van der Waals surface area (Å²) in [4.78, 5) is 17.5. The summed E-state index contributed by atoms with van der Waals surface area (Å²) in [7, 11) is -3.57. The van der Waals surface area contributed by atoms with E-state index in [1.54, 1.807) is 12.1 Å². The van der Waals surface area contributed by atoms with Crippen LogP contribution in [0.1, 0.15) is 18.4 Å². The number of carbonyl (C=O) groups is 1. The first-order chi connectivity index (χ1) is 15.3. The molecule has 2 fully saturated rings. The van der Waals surface area contributed by atoms with E-state index >= 15 is 0 Å². The Morgan fingerprint density at radius 2 is 1.47 bits per heavy atom. The first-order valence-electron chi connectivity index (χ1n) is 10.8. The number of hydrogen-bond donors (Lipinski definition) is 0. The van der Waals surface area contributed by atoms with Crippen LogP contribution in [0.3, 0.4) is 0 Å². The summed E-state index contributed by atoms with van der Waals surface area (Å²) >= 11 is 12.0. The van der Waals surface area contributed by atoms with Crippen molar-refractivity contribution in [3.05, 3.63) is 58.1 Å². The molecule has 2 saturated heterocycles. The van der Waals surface area contributed by atoms with Crippen LogP contribution in [-0.4, -0.2) is 62.8 Å². The molecule has 0 saturated carbocycles. The van der Waals surface area contributed by atoms with E-state index in [1.807, 2.05) is 23.1 Å². The van der Waals surface area contributed by atoms with Crippen LogP contribution in [0.4, 0.5) is 5.69 Å². The second-order valence-corrected chi connectivity index (χ2v) is 11.2. The van der Waals surface area contributed by atoms with Crippen molar-refractivity contribution >= 4 is 44.8 Å². The second kappa shape index (κ2) is 9.59. The second-order valence-electron chi connectivity index (χ2n) is 8.38. The van der Waals surface area contributed by atoms with Gasteiger partial charge in [0.25, 0.3) is 0 Å². The Hall–Kier alpha value is -1.80. The lowest BCUT2D eigenvalue weighted by molar-refractivity contribution is -0.137. The van der Waals surface area contributed by atoms with Gasteiger partial charge in [0, 0.05) is 60.9 Å². The Balaban J connectivity index is 1.32. The zero-order valence-corrected chi connectivity index (χ0v) is 20.3. The molecule has 4 rings (SSSR count). The number of aryl methyl sites for hydroxylation is 1. The van der Waals surface area contributed by atoms with Crippen LogP contribution in [-0.2, 0) is 14.8 Å². The number of hydrogen-bond acceptors (Lipinski definition) is 4. The Bertz CT molecular complexity index is 1080. The molecule has 172 valence electrons. The molecule has 2 heterocycles. The number of carbonyl (C=O) groups excluding carboxylic acids is 1. The van der Waals surface area contributed by atoms with Crippen LogP contribution in [0.15, 0.2) is 47.4 Å². The molecule has 0 spiro atoms. The zero-order chi connectivity index (χ0) is 22.9. The molecule has 0 unspecified atom stereocenters. The Morgan fingerprint density at radius 1 is 0.875 bits per heavy atom. The average molecular weight is 496 g/mol. The first-order valence-corrected chi connectivity index (χ1v) is 13.0. The number of piperidine rings is 1. The maximum Gasteiger partial charge on any atom is 0.243 e. The van der Waals surface area contributed by atoms with Crippen molar-refractivity contribution in [1.29, 1.82) is 0 Å². The highest BCUT2D eigenvalue weighted by Gasteiger charge is 2.34. The molecule has 2 aromatic carbocycles. The van der Waals surface area contributed by atoms with Gasteiger partial charge in [-0.25, -0.2) is 8.42 Å². The molecule has 0 atom stereocenters. The molecule has 0 radical (unpaired) electrons. The fourth-order valence-corrected chi connectivity index (χ4v) is 6.21. The summed E-state index contributed by atoms with van der Waals surface area (Å²) in [6.45, 7) is 5.61. The Kier molecular flexibility index (Phi) is 7.00. The molecular weight excluding hydrogens is 469 g/mol. The van der Waals surface area contributed by atoms with E-state index < -0.39 is 10.0 Å². The van der Waals surface area contributed by atoms with E-state index in [2.05, 4.69) is 11.8 Å². The predicted molar refractivity (Wildman–Crippen MR) is 128 cm³/mol. The standard InChI is InChI=1S/C23H27Cl2N3O3S/c1-17-2-3-20(25)16-22(17)26-12-14-27(15-13-26)23(29)18-8-10-28(11-9-18)32(30,31)21-6-4-19(24)5-7-21/h2-7,16,18H,8-15H2,1H3. The van der Waals surface area contributed by atoms with Crippen molar-refractivity contribution in [1.82, 2.24) is 9.21 Å². The monoisotopic (exact) mass is 495 g/mol. The molecule has 0 N–H and O–H groups in total. The van der Waals surface area contributed by atoms with Crippen molar-refractivity contribution < 1.29 is 13.2 Å². The summed E-state index contributed by atoms with van der Waals surface area (Å²) in [5.41, 5.74) is 2.29. The van der Waals surface area contributed by atoms with E-state index in [-0.39, 0.29) is 16.7 Å². The van der Waals surface area contributed by atoms with Gasteiger partial charge in [-0.1, -0.05) is 29.3 Å². The van der Waals surface area contributed by atoms with Gasteiger partial charge in [0.15, 0.2) is 0 Å². The van der Waals surface area contributed by atoms with E-state index in [0.717, 1.165) is 18.8 Å². The minimum Gasteiger partial charge on any atom is -0.368 e. The molecule has 6 nitrogen and oxygen atoms in total. The number of rotatable bonds is 4. The van der Waals surface area contributed by atoms with Gasteiger partial charge in [-0.3, -0.25) is 4.79 Å². The van der Waals surface area contributed by atoms with E-state index in [9.17, 15) is 13.2 Å². The minimum atomic E-state index is -3.57. The topological polar surface area (TPSA) is 60.9 Å². The lowest BCUT2D eigenvalue weighted by Gasteiger charge is -2.39. The summed E-state index contributed by atoms with van der Waals surface area (Å²) in [6, 6.07) is 12.1. The molecule has 1 amide bonds. The summed E-state index contributed by atoms with van der Waals surface area (Å²) in [5, 5.41) is 1.21. The Labute approximate surface area is 199 Å². The number of nitrogens with zero attached hydrogens (tertiary/aromatic N) is 3. The molecule has 32 heavy (non-hydrogen) atoms. The molecule has 0 aromatic heterocycles. The van der Waals surface area contributed by atoms with Gasteiger partial charge in [0.1, 0.15) is 0 Å². The van der Waals surface area contributed by atoms with Crippen molar-refractivity contribution in [3.8, 4) is 0 Å². The summed E-state index contributed by atoms with van der Waals surface area (Å²) in [5.74, 6) is 0.00197.